The molecule has 0 aromatic heterocycles. The number of allylic oxidation sites excluding steroid dienone is 1. The highest BCUT2D eigenvalue weighted by Crippen LogP contribution is 2.67. The molecule has 1 aromatic rings. The third kappa shape index (κ3) is 3.10. The third-order valence-electron chi connectivity index (χ3n) is 3.41. The van der Waals surface area contributed by atoms with Gasteiger partial charge in [-0.25, -0.2) is 0 Å². The topological polar surface area (TPSA) is 0 Å². The first-order valence-corrected chi connectivity index (χ1v) is 7.05. The smallest absolute Gasteiger partial charge is 0.171 e. The van der Waals surface area contributed by atoms with Gasteiger partial charge in [0.05, 0.1) is 6.42 Å². The van der Waals surface area contributed by atoms with Gasteiger partial charge >= 0.3 is 6.18 Å². The minimum atomic E-state index is -4.28. The van der Waals surface area contributed by atoms with Crippen LogP contribution in [0.2, 0.25) is 5.02 Å². The van der Waals surface area contributed by atoms with Crippen molar-refractivity contribution < 1.29 is 13.2 Å². The molecular formula is C14H12Cl3F3. The third-order valence-corrected chi connectivity index (χ3v) is 4.70. The van der Waals surface area contributed by atoms with Gasteiger partial charge in [0.1, 0.15) is 4.33 Å². The Morgan fingerprint density at radius 2 is 1.95 bits per heavy atom. The summed E-state index contributed by atoms with van der Waals surface area (Å²) in [6, 6.07) is 4.48. The molecule has 0 nitrogen and oxygen atoms in total. The zero-order chi connectivity index (χ0) is 15.3. The maximum atomic E-state index is 12.4. The van der Waals surface area contributed by atoms with Gasteiger partial charge in [-0.3, -0.25) is 0 Å². The molecule has 110 valence electrons. The van der Waals surface area contributed by atoms with E-state index in [1.54, 1.807) is 6.07 Å². The molecule has 1 fully saturated rings. The Kier molecular flexibility index (Phi) is 4.09. The second-order valence-electron chi connectivity index (χ2n) is 5.12. The number of rotatable bonds is 3. The lowest BCUT2D eigenvalue weighted by molar-refractivity contribution is -0.127. The first-order valence-electron chi connectivity index (χ1n) is 5.92. The maximum absolute atomic E-state index is 12.4. The van der Waals surface area contributed by atoms with E-state index in [1.807, 2.05) is 6.92 Å². The molecule has 0 N–H and O–H groups in total. The Morgan fingerprint density at radius 1 is 1.35 bits per heavy atom. The molecule has 1 aromatic carbocycles. The maximum Gasteiger partial charge on any atom is 0.393 e. The Morgan fingerprint density at radius 3 is 2.35 bits per heavy atom. The van der Waals surface area contributed by atoms with Crippen molar-refractivity contribution in [2.24, 2.45) is 5.92 Å². The van der Waals surface area contributed by atoms with Gasteiger partial charge < -0.3 is 0 Å². The summed E-state index contributed by atoms with van der Waals surface area (Å²) in [6.07, 6.45) is -5.33. The van der Waals surface area contributed by atoms with Gasteiger partial charge in [-0.2, -0.15) is 13.2 Å². The van der Waals surface area contributed by atoms with Crippen molar-refractivity contribution in [3.63, 3.8) is 0 Å². The van der Waals surface area contributed by atoms with Crippen LogP contribution in [0, 0.1) is 5.92 Å². The number of alkyl halides is 5. The minimum Gasteiger partial charge on any atom is -0.171 e. The summed E-state index contributed by atoms with van der Waals surface area (Å²) in [5, 5.41) is 0.0799. The highest BCUT2D eigenvalue weighted by atomic mass is 35.5. The van der Waals surface area contributed by atoms with Crippen molar-refractivity contribution in [2.45, 2.75) is 29.8 Å². The fraction of sp³-hybridized carbons (Fsp3) is 0.429. The van der Waals surface area contributed by atoms with Crippen molar-refractivity contribution in [3.05, 3.63) is 46.5 Å². The zero-order valence-electron chi connectivity index (χ0n) is 10.6. The Hall–Kier alpha value is -0.380. The summed E-state index contributed by atoms with van der Waals surface area (Å²) >= 11 is 18.3. The van der Waals surface area contributed by atoms with E-state index in [0.717, 1.165) is 11.1 Å². The predicted molar refractivity (Wildman–Crippen MR) is 76.7 cm³/mol. The molecule has 0 bridgehead atoms. The predicted octanol–water partition coefficient (Wildman–Crippen LogP) is 5.91. The van der Waals surface area contributed by atoms with Crippen LogP contribution in [0.25, 0.3) is 0 Å². The van der Waals surface area contributed by atoms with E-state index in [2.05, 4.69) is 6.58 Å². The molecule has 0 heterocycles. The number of halogens is 6. The normalized spacial score (nSPS) is 24.6. The van der Waals surface area contributed by atoms with Crippen LogP contribution in [0.1, 0.15) is 24.0 Å². The average molecular weight is 344 g/mol. The fourth-order valence-corrected chi connectivity index (χ4v) is 3.73. The fourth-order valence-electron chi connectivity index (χ4n) is 2.47. The molecule has 20 heavy (non-hydrogen) atoms. The van der Waals surface area contributed by atoms with E-state index in [0.29, 0.717) is 0 Å². The molecule has 1 aliphatic rings. The van der Waals surface area contributed by atoms with Crippen molar-refractivity contribution in [2.75, 3.05) is 0 Å². The molecule has 2 rings (SSSR count). The SMILES string of the molecule is C=C(C)C1C(c2ccc(CC(F)(F)F)c(Cl)c2)C1(Cl)Cl. The standard InChI is InChI=1S/C14H12Cl3F3/c1-7(2)11-12(14(11,16)17)8-3-4-9(10(15)5-8)6-13(18,19)20/h3-5,11-12H,1,6H2,2H3. The lowest BCUT2D eigenvalue weighted by Crippen LogP contribution is -2.11. The van der Waals surface area contributed by atoms with Crippen LogP contribution in [0.3, 0.4) is 0 Å². The summed E-state index contributed by atoms with van der Waals surface area (Å²) in [5.41, 5.74) is 1.62. The second-order valence-corrected chi connectivity index (χ2v) is 6.97. The summed E-state index contributed by atoms with van der Waals surface area (Å²) in [7, 11) is 0. The highest BCUT2D eigenvalue weighted by molar-refractivity contribution is 6.52. The molecule has 0 aliphatic heterocycles. The van der Waals surface area contributed by atoms with Crippen LogP contribution < -0.4 is 0 Å². The van der Waals surface area contributed by atoms with Crippen molar-refractivity contribution in [1.29, 1.82) is 0 Å². The molecule has 0 amide bonds. The molecule has 2 unspecified atom stereocenters. The van der Waals surface area contributed by atoms with Gasteiger partial charge in [-0.1, -0.05) is 35.9 Å². The zero-order valence-corrected chi connectivity index (χ0v) is 12.8. The van der Waals surface area contributed by atoms with Crippen LogP contribution in [0.4, 0.5) is 13.2 Å². The molecule has 0 spiro atoms. The molecule has 6 heteroatoms. The van der Waals surface area contributed by atoms with E-state index < -0.39 is 16.9 Å². The van der Waals surface area contributed by atoms with E-state index in [-0.39, 0.29) is 22.4 Å². The lowest BCUT2D eigenvalue weighted by Gasteiger charge is -2.10. The highest BCUT2D eigenvalue weighted by Gasteiger charge is 2.63. The molecule has 0 saturated heterocycles. The van der Waals surface area contributed by atoms with Gasteiger partial charge in [0, 0.05) is 16.9 Å². The van der Waals surface area contributed by atoms with Crippen LogP contribution in [-0.2, 0) is 6.42 Å². The van der Waals surface area contributed by atoms with Crippen molar-refractivity contribution in [1.82, 2.24) is 0 Å². The van der Waals surface area contributed by atoms with Crippen molar-refractivity contribution in [3.8, 4) is 0 Å². The summed E-state index contributed by atoms with van der Waals surface area (Å²) in [5.74, 6) is -0.281. The number of hydrogen-bond donors (Lipinski definition) is 0. The van der Waals surface area contributed by atoms with E-state index in [9.17, 15) is 13.2 Å². The summed E-state index contributed by atoms with van der Waals surface area (Å²) in [4.78, 5) is 0. The molecule has 1 saturated carbocycles. The average Bonchev–Trinajstić information content (AvgIpc) is 2.83. The molecule has 1 aliphatic carbocycles. The molecule has 2 atom stereocenters. The van der Waals surface area contributed by atoms with Gasteiger partial charge in [-0.05, 0) is 24.1 Å². The van der Waals surface area contributed by atoms with Crippen LogP contribution >= 0.6 is 34.8 Å². The van der Waals surface area contributed by atoms with E-state index in [1.165, 1.54) is 12.1 Å². The Bertz CT molecular complexity index is 549. The largest absolute Gasteiger partial charge is 0.393 e. The molecule has 0 radical (unpaired) electrons. The minimum absolute atomic E-state index is 0.0465. The molecular weight excluding hydrogens is 332 g/mol. The van der Waals surface area contributed by atoms with Gasteiger partial charge in [0.25, 0.3) is 0 Å². The summed E-state index contributed by atoms with van der Waals surface area (Å²) < 4.78 is 36.2. The van der Waals surface area contributed by atoms with Crippen LogP contribution in [0.15, 0.2) is 30.4 Å². The first-order chi connectivity index (χ1) is 9.04. The van der Waals surface area contributed by atoms with Gasteiger partial charge in [0.15, 0.2) is 0 Å². The first kappa shape index (κ1) is 16.0. The quantitative estimate of drug-likeness (QED) is 0.473. The monoisotopic (exact) mass is 342 g/mol. The number of hydrogen-bond acceptors (Lipinski definition) is 0. The van der Waals surface area contributed by atoms with Crippen LogP contribution in [-0.4, -0.2) is 10.5 Å². The second kappa shape index (κ2) is 5.11. The lowest BCUT2D eigenvalue weighted by atomic mass is 10.0. The number of benzene rings is 1. The Labute approximate surface area is 130 Å². The van der Waals surface area contributed by atoms with Gasteiger partial charge in [-0.15, -0.1) is 23.2 Å². The van der Waals surface area contributed by atoms with Gasteiger partial charge in [0.2, 0.25) is 0 Å². The van der Waals surface area contributed by atoms with E-state index >= 15 is 0 Å². The Balaban J connectivity index is 2.25. The van der Waals surface area contributed by atoms with E-state index in [4.69, 9.17) is 34.8 Å². The summed E-state index contributed by atoms with van der Waals surface area (Å²) in [6.45, 7) is 5.65. The van der Waals surface area contributed by atoms with Crippen LogP contribution in [0.5, 0.6) is 0 Å². The van der Waals surface area contributed by atoms with Crippen molar-refractivity contribution >= 4 is 34.8 Å².